The Kier molecular flexibility index (Phi) is 5.27. The van der Waals surface area contributed by atoms with Crippen molar-refractivity contribution in [1.82, 2.24) is 10.3 Å². The molecule has 5 nitrogen and oxygen atoms in total. The van der Waals surface area contributed by atoms with Crippen LogP contribution in [0.1, 0.15) is 24.2 Å². The van der Waals surface area contributed by atoms with E-state index < -0.39 is 12.0 Å². The Labute approximate surface area is 114 Å². The Bertz CT molecular complexity index is 449. The van der Waals surface area contributed by atoms with E-state index in [2.05, 4.69) is 31.0 Å². The minimum Gasteiger partial charge on any atom is -0.467 e. The summed E-state index contributed by atoms with van der Waals surface area (Å²) in [5, 5.41) is 2.65. The van der Waals surface area contributed by atoms with E-state index in [1.165, 1.54) is 13.3 Å². The molecule has 0 unspecified atom stereocenters. The SMILES string of the molecule is COC(=O)[C@@H](NC(=O)c1ccnc(Br)c1)C(C)C. The van der Waals surface area contributed by atoms with Crippen LogP contribution in [-0.2, 0) is 9.53 Å². The maximum Gasteiger partial charge on any atom is 0.328 e. The van der Waals surface area contributed by atoms with E-state index in [9.17, 15) is 9.59 Å². The number of halogens is 1. The van der Waals surface area contributed by atoms with Crippen LogP contribution in [0.5, 0.6) is 0 Å². The number of nitrogens with one attached hydrogen (secondary N) is 1. The van der Waals surface area contributed by atoms with Crippen molar-refractivity contribution >= 4 is 27.8 Å². The molecule has 0 spiro atoms. The van der Waals surface area contributed by atoms with Crippen LogP contribution in [0.15, 0.2) is 22.9 Å². The second-order valence-corrected chi connectivity index (χ2v) is 4.90. The first-order valence-corrected chi connectivity index (χ1v) is 6.25. The second-order valence-electron chi connectivity index (χ2n) is 4.09. The molecule has 1 heterocycles. The highest BCUT2D eigenvalue weighted by Crippen LogP contribution is 2.10. The lowest BCUT2D eigenvalue weighted by molar-refractivity contribution is -0.144. The highest BCUT2D eigenvalue weighted by molar-refractivity contribution is 9.10. The summed E-state index contributed by atoms with van der Waals surface area (Å²) in [6.45, 7) is 3.68. The van der Waals surface area contributed by atoms with Crippen LogP contribution in [0, 0.1) is 5.92 Å². The molecule has 0 fully saturated rings. The molecule has 18 heavy (non-hydrogen) atoms. The molecule has 0 saturated carbocycles. The van der Waals surface area contributed by atoms with Crippen molar-refractivity contribution in [1.29, 1.82) is 0 Å². The number of carbonyl (C=O) groups excluding carboxylic acids is 2. The van der Waals surface area contributed by atoms with Crippen LogP contribution in [0.3, 0.4) is 0 Å². The standard InChI is InChI=1S/C12H15BrN2O3/c1-7(2)10(12(17)18-3)15-11(16)8-4-5-14-9(13)6-8/h4-7,10H,1-3H3,(H,15,16)/t10-/m0/s1. The molecule has 6 heteroatoms. The molecule has 1 rings (SSSR count). The minimum absolute atomic E-state index is 0.0494. The number of amides is 1. The summed E-state index contributed by atoms with van der Waals surface area (Å²) >= 11 is 3.19. The summed E-state index contributed by atoms with van der Waals surface area (Å²) in [6, 6.07) is 2.51. The van der Waals surface area contributed by atoms with Gasteiger partial charge in [-0.25, -0.2) is 9.78 Å². The molecule has 1 N–H and O–H groups in total. The van der Waals surface area contributed by atoms with Crippen LogP contribution in [0.4, 0.5) is 0 Å². The summed E-state index contributed by atoms with van der Waals surface area (Å²) in [6.07, 6.45) is 1.52. The molecule has 0 aromatic carbocycles. The number of carbonyl (C=O) groups is 2. The molecule has 1 aromatic rings. The fourth-order valence-corrected chi connectivity index (χ4v) is 1.76. The highest BCUT2D eigenvalue weighted by atomic mass is 79.9. The first-order valence-electron chi connectivity index (χ1n) is 5.46. The number of nitrogens with zero attached hydrogens (tertiary/aromatic N) is 1. The second kappa shape index (κ2) is 6.49. The zero-order valence-corrected chi connectivity index (χ0v) is 12.0. The number of ether oxygens (including phenoxy) is 1. The van der Waals surface area contributed by atoms with Crippen molar-refractivity contribution in [3.63, 3.8) is 0 Å². The molecule has 1 atom stereocenters. The average molecular weight is 315 g/mol. The van der Waals surface area contributed by atoms with E-state index in [0.717, 1.165) is 0 Å². The third kappa shape index (κ3) is 3.80. The molecule has 98 valence electrons. The van der Waals surface area contributed by atoms with Gasteiger partial charge in [-0.2, -0.15) is 0 Å². The van der Waals surface area contributed by atoms with E-state index in [4.69, 9.17) is 0 Å². The van der Waals surface area contributed by atoms with Gasteiger partial charge in [-0.3, -0.25) is 4.79 Å². The van der Waals surface area contributed by atoms with E-state index in [-0.39, 0.29) is 11.8 Å². The minimum atomic E-state index is -0.658. The molecule has 0 aliphatic heterocycles. The zero-order chi connectivity index (χ0) is 13.7. The number of hydrogen-bond donors (Lipinski definition) is 1. The Balaban J connectivity index is 2.82. The zero-order valence-electron chi connectivity index (χ0n) is 10.4. The highest BCUT2D eigenvalue weighted by Gasteiger charge is 2.25. The van der Waals surface area contributed by atoms with Gasteiger partial charge in [0.05, 0.1) is 7.11 Å². The number of pyridine rings is 1. The van der Waals surface area contributed by atoms with Crippen molar-refractivity contribution in [3.05, 3.63) is 28.5 Å². The molecular formula is C12H15BrN2O3. The van der Waals surface area contributed by atoms with Gasteiger partial charge in [0.1, 0.15) is 10.6 Å². The molecular weight excluding hydrogens is 300 g/mol. The fourth-order valence-electron chi connectivity index (χ4n) is 1.39. The lowest BCUT2D eigenvalue weighted by Gasteiger charge is -2.19. The molecule has 1 aromatic heterocycles. The maximum atomic E-state index is 12.0. The Hall–Kier alpha value is -1.43. The number of rotatable bonds is 4. The van der Waals surface area contributed by atoms with Gasteiger partial charge in [-0.05, 0) is 34.0 Å². The van der Waals surface area contributed by atoms with Crippen LogP contribution in [0.2, 0.25) is 0 Å². The van der Waals surface area contributed by atoms with E-state index >= 15 is 0 Å². The molecule has 0 aliphatic rings. The van der Waals surface area contributed by atoms with Gasteiger partial charge in [-0.1, -0.05) is 13.8 Å². The van der Waals surface area contributed by atoms with Gasteiger partial charge in [0, 0.05) is 11.8 Å². The van der Waals surface area contributed by atoms with E-state index in [0.29, 0.717) is 10.2 Å². The third-order valence-corrected chi connectivity index (χ3v) is 2.83. The van der Waals surface area contributed by atoms with Crippen molar-refractivity contribution in [3.8, 4) is 0 Å². The maximum absolute atomic E-state index is 12.0. The average Bonchev–Trinajstić information content (AvgIpc) is 2.34. The third-order valence-electron chi connectivity index (χ3n) is 2.40. The summed E-state index contributed by atoms with van der Waals surface area (Å²) in [7, 11) is 1.30. The Morgan fingerprint density at radius 3 is 2.61 bits per heavy atom. The Morgan fingerprint density at radius 2 is 2.11 bits per heavy atom. The van der Waals surface area contributed by atoms with Crippen LogP contribution in [0.25, 0.3) is 0 Å². The van der Waals surface area contributed by atoms with Crippen molar-refractivity contribution in [2.75, 3.05) is 7.11 Å². The van der Waals surface area contributed by atoms with Crippen molar-refractivity contribution in [2.24, 2.45) is 5.92 Å². The smallest absolute Gasteiger partial charge is 0.328 e. The summed E-state index contributed by atoms with van der Waals surface area (Å²) in [5.74, 6) is -0.833. The van der Waals surface area contributed by atoms with Gasteiger partial charge < -0.3 is 10.1 Å². The number of aromatic nitrogens is 1. The van der Waals surface area contributed by atoms with Crippen molar-refractivity contribution in [2.45, 2.75) is 19.9 Å². The summed E-state index contributed by atoms with van der Waals surface area (Å²) in [5.41, 5.74) is 0.437. The lowest BCUT2D eigenvalue weighted by atomic mass is 10.0. The normalized spacial score (nSPS) is 12.1. The predicted molar refractivity (Wildman–Crippen MR) is 70.0 cm³/mol. The number of methoxy groups -OCH3 is 1. The van der Waals surface area contributed by atoms with Crippen LogP contribution < -0.4 is 5.32 Å². The topological polar surface area (TPSA) is 68.3 Å². The monoisotopic (exact) mass is 314 g/mol. The first-order chi connectivity index (χ1) is 8.45. The van der Waals surface area contributed by atoms with Crippen molar-refractivity contribution < 1.29 is 14.3 Å². The molecule has 0 bridgehead atoms. The number of hydrogen-bond acceptors (Lipinski definition) is 4. The van der Waals surface area contributed by atoms with Crippen LogP contribution >= 0.6 is 15.9 Å². The lowest BCUT2D eigenvalue weighted by Crippen LogP contribution is -2.45. The van der Waals surface area contributed by atoms with E-state index in [1.807, 2.05) is 13.8 Å². The molecule has 0 aliphatic carbocycles. The van der Waals surface area contributed by atoms with Gasteiger partial charge in [0.15, 0.2) is 0 Å². The number of esters is 1. The summed E-state index contributed by atoms with van der Waals surface area (Å²) in [4.78, 5) is 27.4. The van der Waals surface area contributed by atoms with Gasteiger partial charge in [-0.15, -0.1) is 0 Å². The molecule has 0 saturated heterocycles. The van der Waals surface area contributed by atoms with Gasteiger partial charge in [0.2, 0.25) is 0 Å². The van der Waals surface area contributed by atoms with E-state index in [1.54, 1.807) is 12.1 Å². The largest absolute Gasteiger partial charge is 0.467 e. The molecule has 0 radical (unpaired) electrons. The van der Waals surface area contributed by atoms with Gasteiger partial charge >= 0.3 is 5.97 Å². The predicted octanol–water partition coefficient (Wildman–Crippen LogP) is 1.77. The summed E-state index contributed by atoms with van der Waals surface area (Å²) < 4.78 is 5.22. The van der Waals surface area contributed by atoms with Gasteiger partial charge in [0.25, 0.3) is 5.91 Å². The van der Waals surface area contributed by atoms with Crippen LogP contribution in [-0.4, -0.2) is 30.0 Å². The fraction of sp³-hybridized carbons (Fsp3) is 0.417. The Morgan fingerprint density at radius 1 is 1.44 bits per heavy atom. The molecule has 1 amide bonds. The quantitative estimate of drug-likeness (QED) is 0.679. The first kappa shape index (κ1) is 14.6.